The van der Waals surface area contributed by atoms with Crippen LogP contribution in [0.3, 0.4) is 0 Å². The van der Waals surface area contributed by atoms with E-state index in [1.54, 1.807) is 30.6 Å². The number of nitrogens with one attached hydrogen (secondary N) is 2. The molecule has 0 unspecified atom stereocenters. The fourth-order valence-electron chi connectivity index (χ4n) is 2.07. The van der Waals surface area contributed by atoms with Crippen molar-refractivity contribution in [1.29, 1.82) is 0 Å². The summed E-state index contributed by atoms with van der Waals surface area (Å²) in [7, 11) is 0. The smallest absolute Gasteiger partial charge is 0.262 e. The molecule has 0 fully saturated rings. The monoisotopic (exact) mass is 283 g/mol. The number of benzene rings is 1. The molecule has 0 saturated carbocycles. The van der Waals surface area contributed by atoms with Gasteiger partial charge in [0.1, 0.15) is 0 Å². The maximum absolute atomic E-state index is 12.2. The standard InChI is InChI=1S/C15H13N3O3/c19-13-9-21-14-11(4-1-5-12(14)18-13)15(20)17-8-10-3-2-6-16-7-10/h1-7H,8-9H2,(H,17,20)(H,18,19). The van der Waals surface area contributed by atoms with Crippen molar-refractivity contribution < 1.29 is 14.3 Å². The average Bonchev–Trinajstić information content (AvgIpc) is 2.52. The van der Waals surface area contributed by atoms with Gasteiger partial charge in [-0.25, -0.2) is 0 Å². The summed E-state index contributed by atoms with van der Waals surface area (Å²) in [6.45, 7) is 0.294. The van der Waals surface area contributed by atoms with Gasteiger partial charge in [-0.05, 0) is 23.8 Å². The first kappa shape index (κ1) is 13.1. The molecular formula is C15H13N3O3. The first-order valence-electron chi connectivity index (χ1n) is 6.47. The normalized spacial score (nSPS) is 12.9. The van der Waals surface area contributed by atoms with Gasteiger partial charge in [0.05, 0.1) is 11.3 Å². The highest BCUT2D eigenvalue weighted by Gasteiger charge is 2.22. The zero-order chi connectivity index (χ0) is 14.7. The molecule has 3 rings (SSSR count). The quantitative estimate of drug-likeness (QED) is 0.891. The summed E-state index contributed by atoms with van der Waals surface area (Å²) < 4.78 is 5.35. The summed E-state index contributed by atoms with van der Waals surface area (Å²) in [6, 6.07) is 8.75. The lowest BCUT2D eigenvalue weighted by atomic mass is 10.1. The zero-order valence-electron chi connectivity index (χ0n) is 11.1. The Balaban J connectivity index is 1.76. The molecule has 0 radical (unpaired) electrons. The van der Waals surface area contributed by atoms with Gasteiger partial charge in [-0.3, -0.25) is 14.6 Å². The van der Waals surface area contributed by atoms with Crippen LogP contribution in [0, 0.1) is 0 Å². The maximum Gasteiger partial charge on any atom is 0.262 e. The van der Waals surface area contributed by atoms with Crippen LogP contribution in [0.15, 0.2) is 42.7 Å². The van der Waals surface area contributed by atoms with Crippen LogP contribution in [0.1, 0.15) is 15.9 Å². The molecule has 2 heterocycles. The van der Waals surface area contributed by atoms with E-state index in [9.17, 15) is 9.59 Å². The minimum absolute atomic E-state index is 0.0834. The molecule has 0 atom stereocenters. The Kier molecular flexibility index (Phi) is 3.51. The van der Waals surface area contributed by atoms with Gasteiger partial charge in [-0.1, -0.05) is 12.1 Å². The summed E-state index contributed by atoms with van der Waals surface area (Å²) in [6.07, 6.45) is 3.37. The molecule has 6 heteroatoms. The maximum atomic E-state index is 12.2. The van der Waals surface area contributed by atoms with E-state index in [4.69, 9.17) is 4.74 Å². The van der Waals surface area contributed by atoms with E-state index in [1.807, 2.05) is 12.1 Å². The molecule has 1 aliphatic heterocycles. The Morgan fingerprint density at radius 1 is 1.33 bits per heavy atom. The SMILES string of the molecule is O=C1COc2c(cccc2C(=O)NCc2cccnc2)N1. The molecule has 21 heavy (non-hydrogen) atoms. The fraction of sp³-hybridized carbons (Fsp3) is 0.133. The van der Waals surface area contributed by atoms with Gasteiger partial charge in [0.2, 0.25) is 0 Å². The van der Waals surface area contributed by atoms with E-state index >= 15 is 0 Å². The number of pyridine rings is 1. The molecule has 106 valence electrons. The van der Waals surface area contributed by atoms with Gasteiger partial charge in [0, 0.05) is 18.9 Å². The Hall–Kier alpha value is -2.89. The second kappa shape index (κ2) is 5.62. The highest BCUT2D eigenvalue weighted by atomic mass is 16.5. The number of aromatic nitrogens is 1. The Morgan fingerprint density at radius 2 is 2.24 bits per heavy atom. The molecule has 1 aromatic heterocycles. The number of amides is 2. The third-order valence-electron chi connectivity index (χ3n) is 3.06. The Morgan fingerprint density at radius 3 is 3.05 bits per heavy atom. The number of carbonyl (C=O) groups excluding carboxylic acids is 2. The second-order valence-electron chi connectivity index (χ2n) is 4.56. The highest BCUT2D eigenvalue weighted by molar-refractivity contribution is 6.03. The van der Waals surface area contributed by atoms with E-state index < -0.39 is 0 Å². The lowest BCUT2D eigenvalue weighted by molar-refractivity contribution is -0.118. The van der Waals surface area contributed by atoms with Crippen LogP contribution in [0.25, 0.3) is 0 Å². The molecule has 0 spiro atoms. The summed E-state index contributed by atoms with van der Waals surface area (Å²) in [5, 5.41) is 5.48. The van der Waals surface area contributed by atoms with Crippen molar-refractivity contribution in [2.24, 2.45) is 0 Å². The molecule has 2 aromatic rings. The number of anilines is 1. The molecule has 0 saturated heterocycles. The van der Waals surface area contributed by atoms with Gasteiger partial charge >= 0.3 is 0 Å². The van der Waals surface area contributed by atoms with Crippen molar-refractivity contribution in [3.63, 3.8) is 0 Å². The summed E-state index contributed by atoms with van der Waals surface area (Å²) in [5.41, 5.74) is 1.82. The van der Waals surface area contributed by atoms with E-state index in [0.29, 0.717) is 23.5 Å². The first-order chi connectivity index (χ1) is 10.2. The lowest BCUT2D eigenvalue weighted by Crippen LogP contribution is -2.29. The largest absolute Gasteiger partial charge is 0.481 e. The molecule has 0 bridgehead atoms. The Bertz CT molecular complexity index is 686. The number of para-hydroxylation sites is 1. The van der Waals surface area contributed by atoms with Crippen molar-refractivity contribution in [2.75, 3.05) is 11.9 Å². The van der Waals surface area contributed by atoms with Gasteiger partial charge in [-0.2, -0.15) is 0 Å². The number of hydrogen-bond acceptors (Lipinski definition) is 4. The van der Waals surface area contributed by atoms with E-state index in [-0.39, 0.29) is 18.4 Å². The van der Waals surface area contributed by atoms with Crippen LogP contribution < -0.4 is 15.4 Å². The predicted octanol–water partition coefficient (Wildman–Crippen LogP) is 1.34. The van der Waals surface area contributed by atoms with Gasteiger partial charge < -0.3 is 15.4 Å². The molecule has 2 N–H and O–H groups in total. The van der Waals surface area contributed by atoms with E-state index in [0.717, 1.165) is 5.56 Å². The molecule has 2 amide bonds. The Labute approximate surface area is 121 Å². The van der Waals surface area contributed by atoms with Gasteiger partial charge in [-0.15, -0.1) is 0 Å². The molecular weight excluding hydrogens is 270 g/mol. The van der Waals surface area contributed by atoms with Crippen molar-refractivity contribution in [2.45, 2.75) is 6.54 Å². The molecule has 1 aliphatic rings. The summed E-state index contributed by atoms with van der Waals surface area (Å²) in [5.74, 6) is -0.0805. The second-order valence-corrected chi connectivity index (χ2v) is 4.56. The number of nitrogens with zero attached hydrogens (tertiary/aromatic N) is 1. The minimum atomic E-state index is -0.258. The lowest BCUT2D eigenvalue weighted by Gasteiger charge is -2.20. The van der Waals surface area contributed by atoms with Crippen molar-refractivity contribution in [3.8, 4) is 5.75 Å². The summed E-state index contributed by atoms with van der Waals surface area (Å²) in [4.78, 5) is 27.5. The van der Waals surface area contributed by atoms with Gasteiger partial charge in [0.15, 0.2) is 12.4 Å². The third-order valence-corrected chi connectivity index (χ3v) is 3.06. The van der Waals surface area contributed by atoms with Crippen molar-refractivity contribution >= 4 is 17.5 Å². The van der Waals surface area contributed by atoms with Gasteiger partial charge in [0.25, 0.3) is 11.8 Å². The molecule has 6 nitrogen and oxygen atoms in total. The number of rotatable bonds is 3. The zero-order valence-corrected chi connectivity index (χ0v) is 11.1. The molecule has 1 aromatic carbocycles. The van der Waals surface area contributed by atoms with E-state index in [2.05, 4.69) is 15.6 Å². The first-order valence-corrected chi connectivity index (χ1v) is 6.47. The van der Waals surface area contributed by atoms with Crippen molar-refractivity contribution in [3.05, 3.63) is 53.9 Å². The number of carbonyl (C=O) groups is 2. The van der Waals surface area contributed by atoms with Crippen LogP contribution in [-0.4, -0.2) is 23.4 Å². The van der Waals surface area contributed by atoms with Crippen LogP contribution in [0.4, 0.5) is 5.69 Å². The number of hydrogen-bond donors (Lipinski definition) is 2. The van der Waals surface area contributed by atoms with Crippen LogP contribution >= 0.6 is 0 Å². The average molecular weight is 283 g/mol. The highest BCUT2D eigenvalue weighted by Crippen LogP contribution is 2.31. The summed E-state index contributed by atoms with van der Waals surface area (Å²) >= 11 is 0. The predicted molar refractivity (Wildman–Crippen MR) is 76.0 cm³/mol. The van der Waals surface area contributed by atoms with Crippen molar-refractivity contribution in [1.82, 2.24) is 10.3 Å². The fourth-order valence-corrected chi connectivity index (χ4v) is 2.07. The van der Waals surface area contributed by atoms with Crippen LogP contribution in [0.2, 0.25) is 0 Å². The number of fused-ring (bicyclic) bond motifs is 1. The number of ether oxygens (including phenoxy) is 1. The van der Waals surface area contributed by atoms with E-state index in [1.165, 1.54) is 0 Å². The van der Waals surface area contributed by atoms with Crippen LogP contribution in [0.5, 0.6) is 5.75 Å². The van der Waals surface area contributed by atoms with Crippen LogP contribution in [-0.2, 0) is 11.3 Å². The minimum Gasteiger partial charge on any atom is -0.481 e. The molecule has 0 aliphatic carbocycles. The topological polar surface area (TPSA) is 80.3 Å². The third kappa shape index (κ3) is 2.84.